The SMILES string of the molecule is CC[C@H](C)[C@H](NC(=O)[C@@H](Cc1ccccc1)NC)C(=O)N[C@@H](CO)C(=O)N[C@H](CCC(N)=O)C(=O)N[C@@H](C(=O)N[C@H](C(=O)N[C@@H](CO)C(=O)N[C@H]1C(=O)N[C@@H](C)CC(=O)N[C@@H](CCCN=C(N)N)CC(=O)N[C@@H]([C@@H](C)CC)CC(=O)O[C@H]1C)[C@@H](C)CC)[C@@H](C)CC. The maximum atomic E-state index is 14.4. The zero-order valence-electron chi connectivity index (χ0n) is 54.6. The van der Waals surface area contributed by atoms with Crippen molar-refractivity contribution in [1.82, 2.24) is 58.5 Å². The van der Waals surface area contributed by atoms with Crippen LogP contribution >= 0.6 is 0 Å². The summed E-state index contributed by atoms with van der Waals surface area (Å²) >= 11 is 0. The van der Waals surface area contributed by atoms with Gasteiger partial charge >= 0.3 is 5.97 Å². The average molecular weight is 1290 g/mol. The number of carbonyl (C=O) groups is 12. The molecular formula is C61H103N15O15. The van der Waals surface area contributed by atoms with Gasteiger partial charge in [0.05, 0.1) is 25.7 Å². The molecular weight excluding hydrogens is 1180 g/mol. The van der Waals surface area contributed by atoms with Crippen molar-refractivity contribution in [3.05, 3.63) is 35.9 Å². The second-order valence-corrected chi connectivity index (χ2v) is 23.7. The number of cyclic esters (lactones) is 1. The Balaban J connectivity index is 2.41. The van der Waals surface area contributed by atoms with E-state index in [2.05, 4.69) is 63.5 Å². The summed E-state index contributed by atoms with van der Waals surface area (Å²) in [6, 6.07) is -4.72. The number of hydrogen-bond acceptors (Lipinski definition) is 17. The number of benzene rings is 1. The second-order valence-electron chi connectivity index (χ2n) is 23.7. The number of primary amides is 1. The molecule has 0 bridgehead atoms. The van der Waals surface area contributed by atoms with E-state index in [1.54, 1.807) is 48.6 Å². The number of aliphatic imine (C=N–C) groups is 1. The number of amides is 11. The minimum absolute atomic E-state index is 0.126. The maximum absolute atomic E-state index is 14.4. The lowest BCUT2D eigenvalue weighted by Gasteiger charge is -2.31. The molecule has 1 aromatic rings. The Bertz CT molecular complexity index is 2610. The molecule has 0 unspecified atom stereocenters. The Morgan fingerprint density at radius 3 is 1.59 bits per heavy atom. The zero-order chi connectivity index (χ0) is 68.7. The summed E-state index contributed by atoms with van der Waals surface area (Å²) in [7, 11) is 1.60. The molecule has 1 aromatic carbocycles. The molecule has 0 radical (unpaired) electrons. The minimum Gasteiger partial charge on any atom is -0.460 e. The lowest BCUT2D eigenvalue weighted by atomic mass is 9.94. The lowest BCUT2D eigenvalue weighted by molar-refractivity contribution is -0.153. The fraction of sp³-hybridized carbons (Fsp3) is 0.689. The van der Waals surface area contributed by atoms with Crippen molar-refractivity contribution in [3.63, 3.8) is 0 Å². The molecule has 91 heavy (non-hydrogen) atoms. The molecule has 0 aliphatic carbocycles. The van der Waals surface area contributed by atoms with Crippen LogP contribution in [0.3, 0.4) is 0 Å². The number of nitrogens with one attached hydrogen (secondary N) is 11. The number of aliphatic hydroxyl groups excluding tert-OH is 2. The van der Waals surface area contributed by atoms with Crippen LogP contribution in [0.1, 0.15) is 145 Å². The molecule has 0 spiro atoms. The van der Waals surface area contributed by atoms with Gasteiger partial charge in [0.15, 0.2) is 5.96 Å². The van der Waals surface area contributed by atoms with Crippen molar-refractivity contribution in [2.45, 2.75) is 219 Å². The van der Waals surface area contributed by atoms with Crippen molar-refractivity contribution in [1.29, 1.82) is 0 Å². The van der Waals surface area contributed by atoms with Crippen LogP contribution in [0.5, 0.6) is 0 Å². The van der Waals surface area contributed by atoms with Crippen molar-refractivity contribution in [2.75, 3.05) is 26.8 Å². The smallest absolute Gasteiger partial charge is 0.308 e. The first kappa shape index (κ1) is 79.1. The van der Waals surface area contributed by atoms with Crippen LogP contribution < -0.4 is 75.7 Å². The van der Waals surface area contributed by atoms with Crippen molar-refractivity contribution in [3.8, 4) is 0 Å². The van der Waals surface area contributed by atoms with Gasteiger partial charge in [0.25, 0.3) is 0 Å². The Kier molecular flexibility index (Phi) is 35.4. The molecule has 16 atom stereocenters. The molecule has 1 saturated heterocycles. The summed E-state index contributed by atoms with van der Waals surface area (Å²) in [5.41, 5.74) is 17.2. The monoisotopic (exact) mass is 1290 g/mol. The molecule has 30 nitrogen and oxygen atoms in total. The van der Waals surface area contributed by atoms with E-state index in [0.717, 1.165) is 5.56 Å². The van der Waals surface area contributed by atoms with E-state index < -0.39 is 187 Å². The zero-order valence-corrected chi connectivity index (χ0v) is 54.6. The van der Waals surface area contributed by atoms with Crippen LogP contribution in [0.15, 0.2) is 35.3 Å². The van der Waals surface area contributed by atoms with Crippen LogP contribution in [-0.2, 0) is 68.7 Å². The minimum atomic E-state index is -1.80. The van der Waals surface area contributed by atoms with E-state index in [1.807, 2.05) is 44.2 Å². The van der Waals surface area contributed by atoms with Crippen molar-refractivity contribution >= 4 is 76.9 Å². The summed E-state index contributed by atoms with van der Waals surface area (Å²) in [5.74, 6) is -12.1. The molecule has 512 valence electrons. The highest BCUT2D eigenvalue weighted by molar-refractivity contribution is 5.98. The van der Waals surface area contributed by atoms with Crippen LogP contribution in [0, 0.1) is 23.7 Å². The molecule has 0 saturated carbocycles. The van der Waals surface area contributed by atoms with E-state index in [0.29, 0.717) is 32.1 Å². The summed E-state index contributed by atoms with van der Waals surface area (Å²) in [4.78, 5) is 169. The first-order valence-electron chi connectivity index (χ1n) is 31.4. The summed E-state index contributed by atoms with van der Waals surface area (Å²) < 4.78 is 5.71. The molecule has 2 rings (SSSR count). The van der Waals surface area contributed by atoms with Gasteiger partial charge in [-0.2, -0.15) is 0 Å². The van der Waals surface area contributed by atoms with Gasteiger partial charge < -0.3 is 90.6 Å². The number of nitrogens with zero attached hydrogens (tertiary/aromatic N) is 1. The normalized spacial score (nSPS) is 21.1. The van der Waals surface area contributed by atoms with E-state index in [4.69, 9.17) is 21.9 Å². The van der Waals surface area contributed by atoms with Gasteiger partial charge in [0.1, 0.15) is 48.4 Å². The van der Waals surface area contributed by atoms with Gasteiger partial charge in [-0.05, 0) is 75.8 Å². The summed E-state index contributed by atoms with van der Waals surface area (Å²) in [6.07, 6.45) is -0.569. The highest BCUT2D eigenvalue weighted by Gasteiger charge is 2.39. The Labute approximate surface area is 533 Å². The van der Waals surface area contributed by atoms with Crippen molar-refractivity contribution in [2.24, 2.45) is 45.9 Å². The first-order chi connectivity index (χ1) is 43.0. The Morgan fingerprint density at radius 2 is 1.10 bits per heavy atom. The van der Waals surface area contributed by atoms with Gasteiger partial charge in [-0.1, -0.05) is 111 Å². The summed E-state index contributed by atoms with van der Waals surface area (Å²) in [6.45, 7) is 14.9. The molecule has 30 heteroatoms. The number of guanidine groups is 1. The third-order valence-electron chi connectivity index (χ3n) is 16.4. The fourth-order valence-electron chi connectivity index (χ4n) is 9.81. The Morgan fingerprint density at radius 1 is 0.615 bits per heavy atom. The third kappa shape index (κ3) is 27.6. The Hall–Kier alpha value is -7.99. The van der Waals surface area contributed by atoms with Crippen LogP contribution in [0.2, 0.25) is 0 Å². The van der Waals surface area contributed by atoms with Gasteiger partial charge in [-0.25, -0.2) is 0 Å². The predicted molar refractivity (Wildman–Crippen MR) is 338 cm³/mol. The predicted octanol–water partition coefficient (Wildman–Crippen LogP) is -2.71. The number of esters is 1. The molecule has 1 aliphatic rings. The van der Waals surface area contributed by atoms with Crippen LogP contribution in [0.25, 0.3) is 0 Å². The van der Waals surface area contributed by atoms with Crippen molar-refractivity contribution < 1.29 is 72.5 Å². The lowest BCUT2D eigenvalue weighted by Crippen LogP contribution is -2.63. The largest absolute Gasteiger partial charge is 0.460 e. The van der Waals surface area contributed by atoms with E-state index in [1.165, 1.54) is 13.8 Å². The van der Waals surface area contributed by atoms with Gasteiger partial charge in [-0.3, -0.25) is 62.5 Å². The standard InChI is InChI=1S/C61H103N15O15/c1-12-32(5)41-29-48(82)91-37(10)52(60(90)67-36(9)26-46(80)68-39(28-47(81)69-41)22-19-25-66-61(63)64)76-56(86)44(31-78)72-58(88)50(34(7)14-3)75-59(89)51(35(8)15-4)73-53(83)40(23-24-45(62)79)70-55(85)43(30-77)71-57(87)49(33(6)13-2)74-54(84)42(65-11)27-38-20-17-16-18-21-38/h16-18,20-21,32-37,39-44,49-52,65,77-78H,12-15,19,22-31H2,1-11H3,(H2,62,79)(H,67,90)(H,68,80)(H,69,81)(H,70,85)(H,71,87)(H,72,88)(H,73,83)(H,74,84)(H,75,89)(H,76,86)(H4,63,64,66)/t32-,33-,34-,35-,36-,37-,39-,40+,41+,42+,43-,44-,49-,50-,51+,52+/m0/s1. The maximum Gasteiger partial charge on any atom is 0.308 e. The molecule has 1 fully saturated rings. The summed E-state index contributed by atoms with van der Waals surface area (Å²) in [5, 5.41) is 50.1. The second kappa shape index (κ2) is 40.7. The topological polar surface area (TPSA) is 477 Å². The number of rotatable bonds is 34. The van der Waals surface area contributed by atoms with E-state index in [-0.39, 0.29) is 50.5 Å². The van der Waals surface area contributed by atoms with Gasteiger partial charge in [0, 0.05) is 43.9 Å². The highest BCUT2D eigenvalue weighted by atomic mass is 16.5. The van der Waals surface area contributed by atoms with E-state index >= 15 is 0 Å². The van der Waals surface area contributed by atoms with Crippen LogP contribution in [0.4, 0.5) is 0 Å². The number of likely N-dealkylation sites (N-methyl/N-ethyl adjacent to an activating group) is 1. The number of ether oxygens (including phenoxy) is 1. The average Bonchev–Trinajstić information content (AvgIpc) is 1.14. The number of aliphatic hydroxyl groups is 2. The number of nitrogens with two attached hydrogens (primary N) is 3. The van der Waals surface area contributed by atoms with Gasteiger partial charge in [0.2, 0.25) is 65.0 Å². The van der Waals surface area contributed by atoms with Crippen LogP contribution in [-0.4, -0.2) is 186 Å². The quantitative estimate of drug-likeness (QED) is 0.0144. The van der Waals surface area contributed by atoms with E-state index in [9.17, 15) is 67.7 Å². The number of carbonyl (C=O) groups excluding carboxylic acids is 12. The highest BCUT2D eigenvalue weighted by Crippen LogP contribution is 2.18. The molecule has 19 N–H and O–H groups in total. The first-order valence-corrected chi connectivity index (χ1v) is 31.4. The molecule has 11 amide bonds. The molecule has 1 aliphatic heterocycles. The third-order valence-corrected chi connectivity index (χ3v) is 16.4. The molecule has 1 heterocycles. The van der Waals surface area contributed by atoms with Gasteiger partial charge in [-0.15, -0.1) is 0 Å². The molecule has 0 aromatic heterocycles. The number of hydrogen-bond donors (Lipinski definition) is 16. The fourth-order valence-corrected chi connectivity index (χ4v) is 9.81.